The summed E-state index contributed by atoms with van der Waals surface area (Å²) in [5, 5.41) is 18.5. The van der Waals surface area contributed by atoms with E-state index in [0.717, 1.165) is 18.9 Å². The maximum absolute atomic E-state index is 9.27. The molecule has 0 aromatic carbocycles. The van der Waals surface area contributed by atoms with Crippen molar-refractivity contribution in [3.63, 3.8) is 0 Å². The fourth-order valence-electron chi connectivity index (χ4n) is 7.19. The Bertz CT molecular complexity index is 978. The van der Waals surface area contributed by atoms with E-state index in [-0.39, 0.29) is 6.61 Å². The van der Waals surface area contributed by atoms with Gasteiger partial charge in [0.25, 0.3) is 0 Å². The lowest BCUT2D eigenvalue weighted by Crippen LogP contribution is -2.66. The summed E-state index contributed by atoms with van der Waals surface area (Å²) in [6.45, 7) is 37.2. The van der Waals surface area contributed by atoms with Crippen LogP contribution in [0.1, 0.15) is 90.4 Å². The third kappa shape index (κ3) is 31.0. The molecule has 18 heteroatoms. The summed E-state index contributed by atoms with van der Waals surface area (Å²) >= 11 is 0. The predicted octanol–water partition coefficient (Wildman–Crippen LogP) is 11.1. The molecule has 0 aliphatic heterocycles. The first-order valence-electron chi connectivity index (χ1n) is 20.8. The van der Waals surface area contributed by atoms with Crippen LogP contribution in [0, 0.1) is 0 Å². The van der Waals surface area contributed by atoms with Gasteiger partial charge >= 0.3 is 43.0 Å². The number of unbranched alkanes of at least 4 members (excludes halogenated alkanes) is 11. The van der Waals surface area contributed by atoms with Gasteiger partial charge in [0.1, 0.15) is 0 Å². The highest BCUT2D eigenvalue weighted by atomic mass is 28.5. The molecule has 0 heterocycles. The van der Waals surface area contributed by atoms with Crippen molar-refractivity contribution in [1.29, 1.82) is 0 Å². The Balaban J connectivity index is 6.37. The minimum Gasteiger partial charge on any atom is -0.437 e. The first-order valence-corrected chi connectivity index (χ1v) is 43.9. The number of aliphatic hydroxyl groups is 2. The van der Waals surface area contributed by atoms with Gasteiger partial charge in [-0.05, 0) is 117 Å². The molecule has 0 amide bonds. The summed E-state index contributed by atoms with van der Waals surface area (Å²) in [6.07, 6.45) is 14.7. The fourth-order valence-corrected chi connectivity index (χ4v) is 45.3. The number of rotatable bonds is 33. The van der Waals surface area contributed by atoms with E-state index in [2.05, 4.69) is 105 Å². The van der Waals surface area contributed by atoms with Gasteiger partial charge in [0.2, 0.25) is 0 Å². The van der Waals surface area contributed by atoms with Crippen LogP contribution in [0.3, 0.4) is 0 Å². The van der Waals surface area contributed by atoms with Crippen LogP contribution in [0.2, 0.25) is 117 Å². The van der Waals surface area contributed by atoms with Gasteiger partial charge in [-0.15, -0.1) is 0 Å². The van der Waals surface area contributed by atoms with Crippen LogP contribution in [-0.4, -0.2) is 97.7 Å². The smallest absolute Gasteiger partial charge is 0.437 e. The van der Waals surface area contributed by atoms with Crippen molar-refractivity contribution in [2.45, 2.75) is 214 Å². The van der Waals surface area contributed by atoms with Crippen molar-refractivity contribution in [2.75, 3.05) is 13.2 Å². The van der Waals surface area contributed by atoms with Crippen molar-refractivity contribution in [3.05, 3.63) is 0 Å². The molecule has 2 N–H and O–H groups in total. The molecule has 0 saturated carbocycles. The maximum atomic E-state index is 9.27. The van der Waals surface area contributed by atoms with Crippen LogP contribution in [-0.2, 0) is 33.5 Å². The van der Waals surface area contributed by atoms with E-state index in [9.17, 15) is 10.2 Å². The van der Waals surface area contributed by atoms with E-state index >= 15 is 0 Å². The second-order valence-corrected chi connectivity index (χ2v) is 50.5. The van der Waals surface area contributed by atoms with Crippen LogP contribution in [0.25, 0.3) is 0 Å². The molecule has 0 aliphatic carbocycles. The molecule has 53 heavy (non-hydrogen) atoms. The van der Waals surface area contributed by atoms with Gasteiger partial charge in [0, 0.05) is 13.2 Å². The van der Waals surface area contributed by atoms with Gasteiger partial charge in [-0.25, -0.2) is 0 Å². The van der Waals surface area contributed by atoms with Crippen molar-refractivity contribution < 1.29 is 43.8 Å². The van der Waals surface area contributed by atoms with E-state index in [0.29, 0.717) is 19.1 Å². The topological polar surface area (TPSA) is 114 Å². The molecule has 0 saturated heterocycles. The second kappa shape index (κ2) is 24.4. The second-order valence-electron chi connectivity index (χ2n) is 19.3. The highest BCUT2D eigenvalue weighted by Crippen LogP contribution is 2.35. The Labute approximate surface area is 336 Å². The molecule has 0 spiro atoms. The Morgan fingerprint density at radius 2 is 0.755 bits per heavy atom. The lowest BCUT2D eigenvalue weighted by Gasteiger charge is -2.47. The molecule has 0 bridgehead atoms. The van der Waals surface area contributed by atoms with Gasteiger partial charge < -0.3 is 43.8 Å². The number of aliphatic hydroxyl groups excluding tert-OH is 1. The van der Waals surface area contributed by atoms with Gasteiger partial charge in [-0.2, -0.15) is 0 Å². The normalized spacial score (nSPS) is 17.2. The highest BCUT2D eigenvalue weighted by Gasteiger charge is 2.56. The monoisotopic (exact) mass is 892 g/mol. The Morgan fingerprint density at radius 3 is 1.15 bits per heavy atom. The zero-order valence-corrected chi connectivity index (χ0v) is 45.8. The van der Waals surface area contributed by atoms with Gasteiger partial charge in [0.15, 0.2) is 31.2 Å². The standard InChI is InChI=1S/C35H88O10Si8/c1-18-19-20-21-22-23-24-25-26-27-28-29-32-52(16,42-49(11,12)39-46(2,3)4)45-53(17,43-50(13,14)40-47(5,6)7)44-51(15,41-48(8,9)10)33-30-31-38-34-35(36)37/h35-37H,18-34H2,1-17H3. The summed E-state index contributed by atoms with van der Waals surface area (Å²) in [6, 6.07) is 1.49. The lowest BCUT2D eigenvalue weighted by atomic mass is 10.1. The van der Waals surface area contributed by atoms with E-state index in [1.807, 2.05) is 6.55 Å². The zero-order valence-electron chi connectivity index (χ0n) is 37.8. The van der Waals surface area contributed by atoms with Crippen LogP contribution >= 0.6 is 0 Å². The van der Waals surface area contributed by atoms with Gasteiger partial charge in [-0.3, -0.25) is 0 Å². The lowest BCUT2D eigenvalue weighted by molar-refractivity contribution is -0.0945. The Kier molecular flexibility index (Phi) is 25.0. The van der Waals surface area contributed by atoms with Crippen molar-refractivity contribution >= 4 is 68.0 Å². The highest BCUT2D eigenvalue weighted by molar-refractivity contribution is 6.93. The average molecular weight is 894 g/mol. The number of hydrogen-bond acceptors (Lipinski definition) is 10. The molecule has 0 aromatic rings. The van der Waals surface area contributed by atoms with E-state index < -0.39 is 74.3 Å². The zero-order chi connectivity index (χ0) is 41.3. The number of ether oxygens (including phenoxy) is 1. The van der Waals surface area contributed by atoms with E-state index in [1.54, 1.807) is 0 Å². The molecule has 0 fully saturated rings. The summed E-state index contributed by atoms with van der Waals surface area (Å²) < 4.78 is 55.0. The van der Waals surface area contributed by atoms with E-state index in [4.69, 9.17) is 33.5 Å². The molecule has 0 rings (SSSR count). The fraction of sp³-hybridized carbons (Fsp3) is 1.00. The predicted molar refractivity (Wildman–Crippen MR) is 242 cm³/mol. The number of hydrogen-bond donors (Lipinski definition) is 2. The SMILES string of the molecule is CCCCCCCCCCCCCC[Si](C)(O[Si](C)(C)O[Si](C)(C)C)O[Si](C)(O[Si](C)(C)O[Si](C)(C)C)O[Si](C)(CCCOCC(O)O)O[Si](C)(C)C. The van der Waals surface area contributed by atoms with E-state index in [1.165, 1.54) is 64.2 Å². The summed E-state index contributed by atoms with van der Waals surface area (Å²) in [4.78, 5) is 0. The molecule has 3 atom stereocenters. The first kappa shape index (κ1) is 54.3. The minimum absolute atomic E-state index is 0.125. The third-order valence-electron chi connectivity index (χ3n) is 7.99. The van der Waals surface area contributed by atoms with Crippen molar-refractivity contribution in [1.82, 2.24) is 0 Å². The molecule has 0 aliphatic rings. The first-order chi connectivity index (χ1) is 23.9. The molecular formula is C35H88O10Si8. The van der Waals surface area contributed by atoms with Gasteiger partial charge in [-0.1, -0.05) is 84.0 Å². The largest absolute Gasteiger partial charge is 0.470 e. The van der Waals surface area contributed by atoms with Crippen molar-refractivity contribution in [2.24, 2.45) is 0 Å². The molecule has 3 unspecified atom stereocenters. The molecule has 0 radical (unpaired) electrons. The summed E-state index contributed by atoms with van der Waals surface area (Å²) in [5.74, 6) is 0. The van der Waals surface area contributed by atoms with Crippen LogP contribution in [0.15, 0.2) is 0 Å². The Morgan fingerprint density at radius 1 is 0.396 bits per heavy atom. The molecule has 10 nitrogen and oxygen atoms in total. The summed E-state index contributed by atoms with van der Waals surface area (Å²) in [7, 11) is -20.6. The van der Waals surface area contributed by atoms with Gasteiger partial charge in [0.05, 0.1) is 6.61 Å². The third-order valence-corrected chi connectivity index (χ3v) is 37.1. The molecule has 0 aromatic heterocycles. The minimum atomic E-state index is -3.49. The van der Waals surface area contributed by atoms with Crippen LogP contribution in [0.4, 0.5) is 0 Å². The van der Waals surface area contributed by atoms with Crippen LogP contribution in [0.5, 0.6) is 0 Å². The van der Waals surface area contributed by atoms with Crippen molar-refractivity contribution in [3.8, 4) is 0 Å². The molecule has 320 valence electrons. The Hall–Kier alpha value is 1.34. The molecular weight excluding hydrogens is 805 g/mol. The average Bonchev–Trinajstić information content (AvgIpc) is 2.88. The van der Waals surface area contributed by atoms with Crippen LogP contribution < -0.4 is 0 Å². The maximum Gasteiger partial charge on any atom is 0.470 e. The summed E-state index contributed by atoms with van der Waals surface area (Å²) in [5.41, 5.74) is 0. The quantitative estimate of drug-likeness (QED) is 0.0375.